The number of benzene rings is 3. The first-order chi connectivity index (χ1) is 21.2. The van der Waals surface area contributed by atoms with Crippen LogP contribution in [0.5, 0.6) is 0 Å². The summed E-state index contributed by atoms with van der Waals surface area (Å²) in [6.07, 6.45) is 0. The molecule has 240 valence electrons. The molecule has 0 spiro atoms. The number of ether oxygens (including phenoxy) is 2. The smallest absolute Gasteiger partial charge is 0.336 e. The number of fused-ring (bicyclic) bond motifs is 2. The molecule has 2 aromatic rings. The fourth-order valence-electron chi connectivity index (χ4n) is 4.62. The summed E-state index contributed by atoms with van der Waals surface area (Å²) < 4.78 is 85.6. The van der Waals surface area contributed by atoms with Crippen molar-refractivity contribution < 1.29 is 54.5 Å². The van der Waals surface area contributed by atoms with Gasteiger partial charge in [0, 0.05) is 35.2 Å². The maximum absolute atomic E-state index is 13.0. The summed E-state index contributed by atoms with van der Waals surface area (Å²) in [7, 11) is -10.3. The van der Waals surface area contributed by atoms with Crippen molar-refractivity contribution in [3.8, 4) is 22.5 Å². The quantitative estimate of drug-likeness (QED) is 0.0457. The highest BCUT2D eigenvalue weighted by Gasteiger charge is 2.32. The Kier molecular flexibility index (Phi) is 9.88. The second kappa shape index (κ2) is 13.3. The number of carboxylic acids is 1. The molecule has 9 N–H and O–H groups in total. The van der Waals surface area contributed by atoms with Gasteiger partial charge in [-0.15, -0.1) is 0 Å². The Morgan fingerprint density at radius 2 is 1.56 bits per heavy atom. The van der Waals surface area contributed by atoms with E-state index in [1.807, 2.05) is 0 Å². The number of nitrogens with two attached hydrogens (primary N) is 2. The van der Waals surface area contributed by atoms with Crippen LogP contribution in [0.2, 0.25) is 0 Å². The molecule has 0 unspecified atom stereocenters. The first-order valence-corrected chi connectivity index (χ1v) is 15.9. The van der Waals surface area contributed by atoms with Gasteiger partial charge in [-0.05, 0) is 48.0 Å². The van der Waals surface area contributed by atoms with Gasteiger partial charge in [-0.25, -0.2) is 4.79 Å². The van der Waals surface area contributed by atoms with Crippen LogP contribution in [-0.2, 0) is 29.7 Å². The molecule has 0 saturated heterocycles. The molecule has 1 aliphatic carbocycles. The van der Waals surface area contributed by atoms with Crippen LogP contribution in [0, 0.1) is 5.41 Å². The van der Waals surface area contributed by atoms with Crippen molar-refractivity contribution in [3.05, 3.63) is 58.9 Å². The minimum atomic E-state index is -5.19. The van der Waals surface area contributed by atoms with E-state index in [-0.39, 0.29) is 47.4 Å². The summed E-state index contributed by atoms with van der Waals surface area (Å²) >= 11 is 0. The average Bonchev–Trinajstić information content (AvgIpc) is 2.95. The molecule has 0 bridgehead atoms. The van der Waals surface area contributed by atoms with Crippen LogP contribution >= 0.6 is 0 Å². The average molecular weight is 665 g/mol. The van der Waals surface area contributed by atoms with Gasteiger partial charge in [-0.1, -0.05) is 0 Å². The van der Waals surface area contributed by atoms with Crippen LogP contribution in [0.15, 0.2) is 56.7 Å². The van der Waals surface area contributed by atoms with Crippen LogP contribution in [0.25, 0.3) is 33.4 Å². The lowest BCUT2D eigenvalue weighted by molar-refractivity contribution is 0.0511. The van der Waals surface area contributed by atoms with Crippen LogP contribution in [0.4, 0.5) is 5.69 Å². The number of carbonyl (C=O) groups is 2. The lowest BCUT2D eigenvalue weighted by Crippen LogP contribution is -2.28. The Morgan fingerprint density at radius 3 is 2.18 bits per heavy atom. The predicted molar refractivity (Wildman–Crippen MR) is 158 cm³/mol. The third-order valence-electron chi connectivity index (χ3n) is 6.46. The lowest BCUT2D eigenvalue weighted by Gasteiger charge is -2.20. The summed E-state index contributed by atoms with van der Waals surface area (Å²) in [6, 6.07) is 8.05. The molecule has 45 heavy (non-hydrogen) atoms. The maximum atomic E-state index is 13.0. The predicted octanol–water partition coefficient (Wildman–Crippen LogP) is 1.18. The second-order valence-corrected chi connectivity index (χ2v) is 12.2. The van der Waals surface area contributed by atoms with Crippen molar-refractivity contribution in [2.24, 2.45) is 5.73 Å². The standard InChI is InChI=1S/C27H28N4O12S2/c28-7-9-41-11-12-42-10-8-31-26(32)14-1-2-15(27(33)34)18(13-14)21-16-3-5-19(29)24(44(35,36)37)22(16)43-23-17(21)4-6-20(30)25(23)45(38,39)40/h1-6,13,29H,7-12,28,30H2,(H,31,32)(H,33,34)(H,35,36,37)(H,38,39,40). The zero-order valence-corrected chi connectivity index (χ0v) is 24.9. The van der Waals surface area contributed by atoms with Crippen LogP contribution < -0.4 is 22.1 Å². The molecule has 0 saturated carbocycles. The van der Waals surface area contributed by atoms with E-state index >= 15 is 0 Å². The Labute approximate surface area is 255 Å². The number of anilines is 1. The van der Waals surface area contributed by atoms with Crippen molar-refractivity contribution in [3.63, 3.8) is 0 Å². The molecule has 1 aliphatic heterocycles. The molecular weight excluding hydrogens is 636 g/mol. The first-order valence-electron chi connectivity index (χ1n) is 13.0. The number of carbonyl (C=O) groups excluding carboxylic acids is 1. The molecule has 16 nitrogen and oxygen atoms in total. The summed E-state index contributed by atoms with van der Waals surface area (Å²) in [5.41, 5.74) is 8.99. The van der Waals surface area contributed by atoms with Gasteiger partial charge < -0.3 is 35.8 Å². The zero-order chi connectivity index (χ0) is 33.1. The number of amides is 1. The summed E-state index contributed by atoms with van der Waals surface area (Å²) in [6.45, 7) is 1.51. The highest BCUT2D eigenvalue weighted by molar-refractivity contribution is 7.86. The number of nitrogen functional groups attached to an aromatic ring is 1. The Morgan fingerprint density at radius 1 is 0.889 bits per heavy atom. The van der Waals surface area contributed by atoms with Gasteiger partial charge in [0.2, 0.25) is 0 Å². The normalized spacial score (nSPS) is 12.1. The minimum absolute atomic E-state index is 0.0408. The molecule has 0 atom stereocenters. The van der Waals surface area contributed by atoms with Crippen molar-refractivity contribution in [1.82, 2.24) is 5.32 Å². The number of aromatic carboxylic acids is 1. The van der Waals surface area contributed by atoms with E-state index in [2.05, 4.69) is 5.32 Å². The molecule has 1 heterocycles. The number of hydrogen-bond donors (Lipinski definition) is 7. The van der Waals surface area contributed by atoms with Gasteiger partial charge in [0.15, 0.2) is 21.1 Å². The summed E-state index contributed by atoms with van der Waals surface area (Å²) in [5.74, 6) is -2.84. The molecule has 4 rings (SSSR count). The van der Waals surface area contributed by atoms with E-state index in [1.165, 1.54) is 24.3 Å². The van der Waals surface area contributed by atoms with Gasteiger partial charge in [-0.2, -0.15) is 16.8 Å². The second-order valence-electron chi connectivity index (χ2n) is 9.44. The molecular formula is C27H28N4O12S2. The van der Waals surface area contributed by atoms with Crippen LogP contribution in [-0.4, -0.2) is 82.4 Å². The van der Waals surface area contributed by atoms with E-state index < -0.39 is 69.9 Å². The van der Waals surface area contributed by atoms with E-state index in [4.69, 9.17) is 30.8 Å². The van der Waals surface area contributed by atoms with E-state index in [0.29, 0.717) is 19.8 Å². The van der Waals surface area contributed by atoms with Gasteiger partial charge in [-0.3, -0.25) is 19.3 Å². The first kappa shape index (κ1) is 33.5. The minimum Gasteiger partial charge on any atom is -0.478 e. The number of carboxylic acid groups (broad SMARTS) is 1. The van der Waals surface area contributed by atoms with Gasteiger partial charge in [0.05, 0.1) is 43.0 Å². The molecule has 0 aromatic heterocycles. The van der Waals surface area contributed by atoms with Crippen molar-refractivity contribution in [1.29, 1.82) is 5.41 Å². The number of rotatable bonds is 13. The molecule has 2 aliphatic rings. The highest BCUT2D eigenvalue weighted by Crippen LogP contribution is 2.45. The number of nitrogens with one attached hydrogen (secondary N) is 2. The fourth-order valence-corrected chi connectivity index (χ4v) is 6.10. The summed E-state index contributed by atoms with van der Waals surface area (Å²) in [5, 5.41) is 19.9. The Bertz CT molecular complexity index is 2040. The molecule has 1 amide bonds. The monoisotopic (exact) mass is 664 g/mol. The van der Waals surface area contributed by atoms with Crippen LogP contribution in [0.1, 0.15) is 20.7 Å². The highest BCUT2D eigenvalue weighted by atomic mass is 32.2. The number of hydrogen-bond acceptors (Lipinski definition) is 12. The van der Waals surface area contributed by atoms with Gasteiger partial charge in [0.1, 0.15) is 0 Å². The van der Waals surface area contributed by atoms with Crippen molar-refractivity contribution in [2.75, 3.05) is 45.3 Å². The van der Waals surface area contributed by atoms with Gasteiger partial charge in [0.25, 0.3) is 26.1 Å². The SMILES string of the molecule is N=c1ccc2c(-c3cc(C(=O)NCCOCCOCCN)ccc3C(=O)O)c3ccc(N)c(S(=O)(=O)O)c3oc-2c1S(=O)(=O)O. The largest absolute Gasteiger partial charge is 0.478 e. The Hall–Kier alpha value is -4.43. The van der Waals surface area contributed by atoms with Crippen molar-refractivity contribution >= 4 is 48.8 Å². The molecule has 0 radical (unpaired) electrons. The molecule has 0 fully saturated rings. The fraction of sp³-hybridized carbons (Fsp3) is 0.222. The lowest BCUT2D eigenvalue weighted by atomic mass is 9.89. The van der Waals surface area contributed by atoms with E-state index in [0.717, 1.165) is 18.2 Å². The van der Waals surface area contributed by atoms with Crippen molar-refractivity contribution in [2.45, 2.75) is 9.79 Å². The summed E-state index contributed by atoms with van der Waals surface area (Å²) in [4.78, 5) is 23.4. The Balaban J connectivity index is 1.94. The third-order valence-corrected chi connectivity index (χ3v) is 8.32. The topological polar surface area (TPSA) is 283 Å². The van der Waals surface area contributed by atoms with Gasteiger partial charge >= 0.3 is 5.97 Å². The zero-order valence-electron chi connectivity index (χ0n) is 23.3. The molecule has 2 aromatic carbocycles. The van der Waals surface area contributed by atoms with Crippen LogP contribution in [0.3, 0.4) is 0 Å². The van der Waals surface area contributed by atoms with E-state index in [1.54, 1.807) is 0 Å². The molecule has 18 heteroatoms. The maximum Gasteiger partial charge on any atom is 0.336 e. The van der Waals surface area contributed by atoms with E-state index in [9.17, 15) is 40.6 Å². The third kappa shape index (κ3) is 7.12.